The van der Waals surface area contributed by atoms with Crippen LogP contribution in [0.5, 0.6) is 0 Å². The molecule has 0 unspecified atom stereocenters. The number of nitrogens with one attached hydrogen (secondary N) is 3. The molecule has 0 atom stereocenters. The summed E-state index contributed by atoms with van der Waals surface area (Å²) in [5.41, 5.74) is 0.163. The van der Waals surface area contributed by atoms with Crippen LogP contribution in [0.15, 0.2) is 17.1 Å². The zero-order valence-electron chi connectivity index (χ0n) is 12.6. The van der Waals surface area contributed by atoms with Crippen molar-refractivity contribution < 1.29 is 0 Å². The van der Waals surface area contributed by atoms with E-state index in [2.05, 4.69) is 60.8 Å². The second-order valence-corrected chi connectivity index (χ2v) is 5.72. The summed E-state index contributed by atoms with van der Waals surface area (Å²) in [6.07, 6.45) is 6.65. The number of nitrogens with zero attached hydrogens (tertiary/aromatic N) is 1. The van der Waals surface area contributed by atoms with Crippen molar-refractivity contribution in [1.82, 2.24) is 16.0 Å². The Kier molecular flexibility index (Phi) is 9.43. The van der Waals surface area contributed by atoms with E-state index in [-0.39, 0.29) is 29.5 Å². The number of rotatable bonds is 5. The molecule has 0 amide bonds. The Morgan fingerprint density at radius 3 is 2.42 bits per heavy atom. The summed E-state index contributed by atoms with van der Waals surface area (Å²) >= 11 is 0. The molecule has 0 aromatic heterocycles. The van der Waals surface area contributed by atoms with Gasteiger partial charge in [0.15, 0.2) is 5.96 Å². The Morgan fingerprint density at radius 1 is 1.26 bits per heavy atom. The summed E-state index contributed by atoms with van der Waals surface area (Å²) < 4.78 is 0. The molecule has 1 aliphatic rings. The normalized spacial score (nSPS) is 16.3. The molecule has 112 valence electrons. The van der Waals surface area contributed by atoms with Crippen molar-refractivity contribution in [2.24, 2.45) is 4.99 Å². The fourth-order valence-electron chi connectivity index (χ4n) is 1.85. The first kappa shape index (κ1) is 18.7. The van der Waals surface area contributed by atoms with E-state index in [4.69, 9.17) is 0 Å². The number of guanidine groups is 1. The SMILES string of the molecule is CCNC(=NCCNC(C)(C)C)NC1CC=CC1.I. The van der Waals surface area contributed by atoms with Crippen molar-refractivity contribution >= 4 is 29.9 Å². The van der Waals surface area contributed by atoms with Crippen molar-refractivity contribution in [3.8, 4) is 0 Å². The van der Waals surface area contributed by atoms with Crippen LogP contribution in [0.1, 0.15) is 40.5 Å². The highest BCUT2D eigenvalue weighted by Gasteiger charge is 2.11. The minimum absolute atomic E-state index is 0. The number of aliphatic imine (C=N–C) groups is 1. The first-order valence-electron chi connectivity index (χ1n) is 6.96. The number of hydrogen-bond donors (Lipinski definition) is 3. The summed E-state index contributed by atoms with van der Waals surface area (Å²) in [6, 6.07) is 0.512. The molecule has 0 saturated carbocycles. The van der Waals surface area contributed by atoms with E-state index in [1.54, 1.807) is 0 Å². The van der Waals surface area contributed by atoms with Gasteiger partial charge in [-0.15, -0.1) is 24.0 Å². The van der Waals surface area contributed by atoms with Crippen LogP contribution in [0.4, 0.5) is 0 Å². The fourth-order valence-corrected chi connectivity index (χ4v) is 1.85. The summed E-state index contributed by atoms with van der Waals surface area (Å²) in [5, 5.41) is 10.2. The molecule has 0 spiro atoms. The van der Waals surface area contributed by atoms with Gasteiger partial charge in [-0.2, -0.15) is 0 Å². The van der Waals surface area contributed by atoms with Crippen LogP contribution in [-0.4, -0.2) is 37.2 Å². The second kappa shape index (κ2) is 9.58. The molecule has 0 aliphatic heterocycles. The third-order valence-corrected chi connectivity index (χ3v) is 2.73. The van der Waals surface area contributed by atoms with Crippen molar-refractivity contribution in [3.63, 3.8) is 0 Å². The van der Waals surface area contributed by atoms with E-state index < -0.39 is 0 Å². The summed E-state index contributed by atoms with van der Waals surface area (Å²) in [5.74, 6) is 0.932. The largest absolute Gasteiger partial charge is 0.357 e. The second-order valence-electron chi connectivity index (χ2n) is 5.72. The quantitative estimate of drug-likeness (QED) is 0.226. The predicted molar refractivity (Wildman–Crippen MR) is 94.4 cm³/mol. The van der Waals surface area contributed by atoms with Crippen LogP contribution in [0.25, 0.3) is 0 Å². The molecule has 1 aliphatic carbocycles. The van der Waals surface area contributed by atoms with E-state index in [0.717, 1.165) is 38.4 Å². The fraction of sp³-hybridized carbons (Fsp3) is 0.786. The summed E-state index contributed by atoms with van der Waals surface area (Å²) in [4.78, 5) is 4.58. The first-order valence-corrected chi connectivity index (χ1v) is 6.96. The van der Waals surface area contributed by atoms with Crippen LogP contribution < -0.4 is 16.0 Å². The first-order chi connectivity index (χ1) is 8.51. The van der Waals surface area contributed by atoms with E-state index in [1.165, 1.54) is 0 Å². The Labute approximate surface area is 134 Å². The topological polar surface area (TPSA) is 48.5 Å². The highest BCUT2D eigenvalue weighted by molar-refractivity contribution is 14.0. The minimum atomic E-state index is 0. The van der Waals surface area contributed by atoms with Gasteiger partial charge in [0.1, 0.15) is 0 Å². The molecule has 19 heavy (non-hydrogen) atoms. The van der Waals surface area contributed by atoms with Crippen LogP contribution in [0.2, 0.25) is 0 Å². The summed E-state index contributed by atoms with van der Waals surface area (Å²) in [6.45, 7) is 11.2. The zero-order chi connectivity index (χ0) is 13.4. The molecule has 4 nitrogen and oxygen atoms in total. The Morgan fingerprint density at radius 2 is 1.89 bits per heavy atom. The monoisotopic (exact) mass is 380 g/mol. The van der Waals surface area contributed by atoms with Crippen LogP contribution in [-0.2, 0) is 0 Å². The molecule has 1 rings (SSSR count). The molecular weight excluding hydrogens is 351 g/mol. The third-order valence-electron chi connectivity index (χ3n) is 2.73. The van der Waals surface area contributed by atoms with Crippen molar-refractivity contribution in [2.75, 3.05) is 19.6 Å². The lowest BCUT2D eigenvalue weighted by Gasteiger charge is -2.20. The average molecular weight is 380 g/mol. The van der Waals surface area contributed by atoms with Crippen LogP contribution >= 0.6 is 24.0 Å². The van der Waals surface area contributed by atoms with Gasteiger partial charge in [0.2, 0.25) is 0 Å². The predicted octanol–water partition coefficient (Wildman–Crippen LogP) is 2.27. The maximum atomic E-state index is 4.58. The van der Waals surface area contributed by atoms with Gasteiger partial charge in [-0.1, -0.05) is 12.2 Å². The van der Waals surface area contributed by atoms with Gasteiger partial charge in [-0.05, 0) is 40.5 Å². The lowest BCUT2D eigenvalue weighted by Crippen LogP contribution is -2.43. The van der Waals surface area contributed by atoms with Crippen molar-refractivity contribution in [2.45, 2.75) is 52.1 Å². The number of halogens is 1. The van der Waals surface area contributed by atoms with Gasteiger partial charge in [-0.25, -0.2) is 0 Å². The smallest absolute Gasteiger partial charge is 0.191 e. The highest BCUT2D eigenvalue weighted by atomic mass is 127. The molecule has 0 heterocycles. The van der Waals surface area contributed by atoms with E-state index in [9.17, 15) is 0 Å². The van der Waals surface area contributed by atoms with E-state index in [0.29, 0.717) is 6.04 Å². The van der Waals surface area contributed by atoms with Crippen molar-refractivity contribution in [3.05, 3.63) is 12.2 Å². The van der Waals surface area contributed by atoms with E-state index >= 15 is 0 Å². The molecule has 0 fully saturated rings. The Hall–Kier alpha value is -0.300. The van der Waals surface area contributed by atoms with Crippen LogP contribution in [0.3, 0.4) is 0 Å². The minimum Gasteiger partial charge on any atom is -0.357 e. The van der Waals surface area contributed by atoms with Gasteiger partial charge in [0.25, 0.3) is 0 Å². The maximum absolute atomic E-state index is 4.58. The lowest BCUT2D eigenvalue weighted by molar-refractivity contribution is 0.432. The van der Waals surface area contributed by atoms with Crippen molar-refractivity contribution in [1.29, 1.82) is 0 Å². The molecule has 0 bridgehead atoms. The Bertz CT molecular complexity index is 286. The molecular formula is C14H29IN4. The Balaban J connectivity index is 0.00000324. The zero-order valence-corrected chi connectivity index (χ0v) is 15.0. The van der Waals surface area contributed by atoms with E-state index in [1.807, 2.05) is 0 Å². The average Bonchev–Trinajstić information content (AvgIpc) is 2.76. The van der Waals surface area contributed by atoms with Crippen LogP contribution in [0, 0.1) is 0 Å². The highest BCUT2D eigenvalue weighted by Crippen LogP contribution is 2.08. The summed E-state index contributed by atoms with van der Waals surface area (Å²) in [7, 11) is 0. The molecule has 0 saturated heterocycles. The van der Waals surface area contributed by atoms with Gasteiger partial charge < -0.3 is 16.0 Å². The van der Waals surface area contributed by atoms with Gasteiger partial charge in [0, 0.05) is 24.7 Å². The number of hydrogen-bond acceptors (Lipinski definition) is 2. The molecule has 3 N–H and O–H groups in total. The van der Waals surface area contributed by atoms with Gasteiger partial charge in [0.05, 0.1) is 6.54 Å². The van der Waals surface area contributed by atoms with Gasteiger partial charge in [-0.3, -0.25) is 4.99 Å². The lowest BCUT2D eigenvalue weighted by atomic mass is 10.1. The molecule has 5 heteroatoms. The molecule has 0 radical (unpaired) electrons. The standard InChI is InChI=1S/C14H28N4.HI/c1-5-15-13(18-12-8-6-7-9-12)16-10-11-17-14(2,3)4;/h6-7,12,17H,5,8-11H2,1-4H3,(H2,15,16,18);1H. The molecule has 0 aromatic carbocycles. The third kappa shape index (κ3) is 9.27. The maximum Gasteiger partial charge on any atom is 0.191 e. The molecule has 0 aromatic rings. The van der Waals surface area contributed by atoms with Gasteiger partial charge >= 0.3 is 0 Å².